The number of nitrogens with zero attached hydrogens (tertiary/aromatic N) is 2. The van der Waals surface area contributed by atoms with Gasteiger partial charge in [-0.25, -0.2) is 9.14 Å². The number of aromatic nitrogens is 1. The van der Waals surface area contributed by atoms with E-state index in [0.29, 0.717) is 6.61 Å². The molecule has 0 bridgehead atoms. The van der Waals surface area contributed by atoms with Crippen LogP contribution in [0.15, 0.2) is 24.5 Å². The molecule has 0 fully saturated rings. The highest BCUT2D eigenvalue weighted by molar-refractivity contribution is 7.51. The van der Waals surface area contributed by atoms with E-state index in [1.165, 1.54) is 55.7 Å². The first kappa shape index (κ1) is 22.1. The van der Waals surface area contributed by atoms with E-state index in [2.05, 4.69) is 6.92 Å². The maximum Gasteiger partial charge on any atom is 0.436 e. The molecule has 0 spiro atoms. The Morgan fingerprint density at radius 1 is 0.960 bits per heavy atom. The summed E-state index contributed by atoms with van der Waals surface area (Å²) in [5.74, 6) is 0. The van der Waals surface area contributed by atoms with Crippen LogP contribution in [0.25, 0.3) is 0 Å². The van der Waals surface area contributed by atoms with E-state index in [9.17, 15) is 9.46 Å². The maximum atomic E-state index is 12.2. The van der Waals surface area contributed by atoms with Crippen LogP contribution in [0.5, 0.6) is 0 Å². The van der Waals surface area contributed by atoms with Crippen molar-refractivity contribution >= 4 is 7.75 Å². The van der Waals surface area contributed by atoms with Crippen LogP contribution in [0.1, 0.15) is 71.1 Å². The Labute approximate surface area is 153 Å². The quantitative estimate of drug-likeness (QED) is 0.317. The van der Waals surface area contributed by atoms with Gasteiger partial charge in [0.15, 0.2) is 0 Å². The zero-order chi connectivity index (χ0) is 18.5. The van der Waals surface area contributed by atoms with Gasteiger partial charge in [0.05, 0.1) is 6.61 Å². The minimum absolute atomic E-state index is 0.326. The molecule has 0 saturated heterocycles. The fraction of sp³-hybridized carbons (Fsp3) is 0.737. The monoisotopic (exact) mass is 371 g/mol. The van der Waals surface area contributed by atoms with Gasteiger partial charge in [-0.2, -0.15) is 0 Å². The summed E-state index contributed by atoms with van der Waals surface area (Å²) in [7, 11) is 0.0870. The van der Waals surface area contributed by atoms with E-state index < -0.39 is 7.75 Å². The Balaban J connectivity index is 2.16. The molecule has 5 nitrogen and oxygen atoms in total. The van der Waals surface area contributed by atoms with Gasteiger partial charge in [-0.1, -0.05) is 64.7 Å². The predicted octanol–water partition coefficient (Wildman–Crippen LogP) is 4.41. The minimum atomic E-state index is -3.77. The van der Waals surface area contributed by atoms with Crippen LogP contribution in [0.2, 0.25) is 0 Å². The van der Waals surface area contributed by atoms with Gasteiger partial charge in [-0.05, 0) is 6.42 Å². The summed E-state index contributed by atoms with van der Waals surface area (Å²) in [5.41, 5.74) is 0. The van der Waals surface area contributed by atoms with Gasteiger partial charge < -0.3 is 4.89 Å². The largest absolute Gasteiger partial charge is 0.436 e. The molecule has 0 aliphatic carbocycles. The van der Waals surface area contributed by atoms with Crippen LogP contribution in [0.3, 0.4) is 0 Å². The van der Waals surface area contributed by atoms with Crippen LogP contribution >= 0.6 is 7.75 Å². The molecule has 1 rings (SSSR count). The van der Waals surface area contributed by atoms with Crippen molar-refractivity contribution < 1.29 is 14.0 Å². The number of hydrogen-bond acceptors (Lipinski definition) is 2. The van der Waals surface area contributed by atoms with Gasteiger partial charge in [0.1, 0.15) is 14.1 Å². The summed E-state index contributed by atoms with van der Waals surface area (Å²) in [5, 5.41) is 0.978. The SMILES string of the molecule is CCCCCCCCCCCCOP(=O)(O)n1ccc(=[N+](C)C)cc1. The first-order valence-electron chi connectivity index (χ1n) is 9.64. The summed E-state index contributed by atoms with van der Waals surface area (Å²) in [6.45, 7) is 2.57. The van der Waals surface area contributed by atoms with E-state index in [1.807, 2.05) is 18.7 Å². The third-order valence-electron chi connectivity index (χ3n) is 4.36. The molecule has 6 heteroatoms. The van der Waals surface area contributed by atoms with Crippen molar-refractivity contribution in [2.75, 3.05) is 20.7 Å². The lowest BCUT2D eigenvalue weighted by Gasteiger charge is -2.14. The topological polar surface area (TPSA) is 54.5 Å². The van der Waals surface area contributed by atoms with Crippen LogP contribution in [-0.4, -0.2) is 29.9 Å². The fourth-order valence-electron chi connectivity index (χ4n) is 2.72. The van der Waals surface area contributed by atoms with E-state index in [0.717, 1.165) is 18.2 Å². The molecule has 0 saturated carbocycles. The first-order valence-corrected chi connectivity index (χ1v) is 11.2. The van der Waals surface area contributed by atoms with Crippen LogP contribution in [-0.2, 0) is 9.09 Å². The van der Waals surface area contributed by atoms with Crippen molar-refractivity contribution in [3.63, 3.8) is 0 Å². The lowest BCUT2D eigenvalue weighted by atomic mass is 10.1. The highest BCUT2D eigenvalue weighted by atomic mass is 31.2. The zero-order valence-corrected chi connectivity index (χ0v) is 17.1. The van der Waals surface area contributed by atoms with Crippen LogP contribution in [0.4, 0.5) is 0 Å². The van der Waals surface area contributed by atoms with Crippen LogP contribution < -0.4 is 9.93 Å². The maximum absolute atomic E-state index is 12.2. The van der Waals surface area contributed by atoms with Gasteiger partial charge >= 0.3 is 7.75 Å². The second kappa shape index (κ2) is 12.5. The van der Waals surface area contributed by atoms with E-state index in [-0.39, 0.29) is 0 Å². The van der Waals surface area contributed by atoms with Crippen molar-refractivity contribution in [2.45, 2.75) is 71.1 Å². The number of unbranched alkanes of at least 4 members (excludes halogenated alkanes) is 9. The third kappa shape index (κ3) is 9.39. The molecule has 1 unspecified atom stereocenters. The zero-order valence-electron chi connectivity index (χ0n) is 16.2. The minimum Gasteiger partial charge on any atom is -0.308 e. The molecule has 0 aliphatic heterocycles. The molecule has 1 atom stereocenters. The molecule has 0 radical (unpaired) electrons. The molecular formula is C19H36N2O3P+. The average Bonchev–Trinajstić information content (AvgIpc) is 2.59. The molecule has 0 aromatic carbocycles. The lowest BCUT2D eigenvalue weighted by molar-refractivity contribution is 0.245. The molecule has 1 heterocycles. The molecule has 1 aromatic heterocycles. The Kier molecular flexibility index (Phi) is 11.0. The van der Waals surface area contributed by atoms with Gasteiger partial charge in [-0.3, -0.25) is 8.86 Å². The average molecular weight is 371 g/mol. The summed E-state index contributed by atoms with van der Waals surface area (Å²) in [4.78, 5) is 10.0. The summed E-state index contributed by atoms with van der Waals surface area (Å²) >= 11 is 0. The summed E-state index contributed by atoms with van der Waals surface area (Å²) in [6.07, 6.45) is 15.5. The third-order valence-corrected chi connectivity index (χ3v) is 5.73. The highest BCUT2D eigenvalue weighted by Crippen LogP contribution is 2.42. The Bertz CT molecular complexity index is 574. The molecule has 0 amide bonds. The normalized spacial score (nSPS) is 13.6. The van der Waals surface area contributed by atoms with Crippen molar-refractivity contribution in [3.05, 3.63) is 29.9 Å². The van der Waals surface area contributed by atoms with Gasteiger partial charge in [0.25, 0.3) is 0 Å². The van der Waals surface area contributed by atoms with Gasteiger partial charge in [0, 0.05) is 24.5 Å². The van der Waals surface area contributed by atoms with Crippen molar-refractivity contribution in [1.29, 1.82) is 0 Å². The lowest BCUT2D eigenvalue weighted by Crippen LogP contribution is -2.21. The van der Waals surface area contributed by atoms with E-state index >= 15 is 0 Å². The second-order valence-corrected chi connectivity index (χ2v) is 8.54. The highest BCUT2D eigenvalue weighted by Gasteiger charge is 2.20. The summed E-state index contributed by atoms with van der Waals surface area (Å²) < 4.78 is 20.7. The molecule has 144 valence electrons. The molecule has 0 aliphatic rings. The van der Waals surface area contributed by atoms with Crippen molar-refractivity contribution in [3.8, 4) is 0 Å². The van der Waals surface area contributed by atoms with E-state index in [4.69, 9.17) is 4.52 Å². The Morgan fingerprint density at radius 3 is 1.92 bits per heavy atom. The first-order chi connectivity index (χ1) is 12.0. The predicted molar refractivity (Wildman–Crippen MR) is 105 cm³/mol. The van der Waals surface area contributed by atoms with Crippen molar-refractivity contribution in [1.82, 2.24) is 8.91 Å². The van der Waals surface area contributed by atoms with Gasteiger partial charge in [-0.15, -0.1) is 0 Å². The Morgan fingerprint density at radius 2 is 1.44 bits per heavy atom. The summed E-state index contributed by atoms with van der Waals surface area (Å²) in [6, 6.07) is 3.60. The second-order valence-electron chi connectivity index (χ2n) is 6.84. The molecule has 1 N–H and O–H groups in total. The fourth-order valence-corrected chi connectivity index (χ4v) is 3.69. The molecule has 25 heavy (non-hydrogen) atoms. The number of rotatable bonds is 13. The Hall–Kier alpha value is -0.900. The van der Waals surface area contributed by atoms with E-state index in [1.54, 1.807) is 24.5 Å². The smallest absolute Gasteiger partial charge is 0.308 e. The molecule has 1 aromatic rings. The number of pyridine rings is 1. The van der Waals surface area contributed by atoms with Crippen molar-refractivity contribution in [2.24, 2.45) is 0 Å². The standard InChI is InChI=1S/C19H35N2O3P/c1-4-5-6-7-8-9-10-11-12-13-18-24-25(22,23)21-16-14-19(15-17-21)20(2)3/h14-17H,4-13,18H2,1-3H3/p+1. The van der Waals surface area contributed by atoms with Crippen LogP contribution in [0, 0.1) is 0 Å². The number of hydrogen-bond donors (Lipinski definition) is 1. The van der Waals surface area contributed by atoms with Gasteiger partial charge in [0.2, 0.25) is 5.36 Å². The molecular weight excluding hydrogens is 335 g/mol.